The van der Waals surface area contributed by atoms with Crippen LogP contribution in [0.1, 0.15) is 36.1 Å². The molecule has 0 aromatic heterocycles. The summed E-state index contributed by atoms with van der Waals surface area (Å²) in [5, 5.41) is 3.19. The van der Waals surface area contributed by atoms with E-state index in [4.69, 9.17) is 0 Å². The minimum Gasteiger partial charge on any atom is -0.375 e. The molecular formula is C15H15NO2. The normalized spacial score (nSPS) is 17.9. The molecule has 1 aliphatic carbocycles. The second-order valence-corrected chi connectivity index (χ2v) is 4.87. The fraction of sp³-hybridized carbons (Fsp3) is 0.333. The zero-order chi connectivity index (χ0) is 12.7. The predicted octanol–water partition coefficient (Wildman–Crippen LogP) is 1.94. The van der Waals surface area contributed by atoms with Crippen molar-refractivity contribution in [1.29, 1.82) is 0 Å². The molecule has 2 aromatic carbocycles. The number of rotatable bonds is 3. The number of fused-ring (bicyclic) bond motifs is 1. The van der Waals surface area contributed by atoms with Gasteiger partial charge < -0.3 is 5.32 Å². The Morgan fingerprint density at radius 1 is 1.28 bits per heavy atom. The summed E-state index contributed by atoms with van der Waals surface area (Å²) in [5.74, 6) is 0. The Morgan fingerprint density at radius 2 is 2.11 bits per heavy atom. The summed E-state index contributed by atoms with van der Waals surface area (Å²) in [6.45, 7) is 2.13. The third-order valence-electron chi connectivity index (χ3n) is 3.77. The summed E-state index contributed by atoms with van der Waals surface area (Å²) >= 11 is 0. The van der Waals surface area contributed by atoms with E-state index in [-0.39, 0.29) is 11.5 Å². The van der Waals surface area contributed by atoms with Crippen LogP contribution in [0.4, 0.5) is 5.69 Å². The van der Waals surface area contributed by atoms with Gasteiger partial charge in [-0.15, -0.1) is 0 Å². The van der Waals surface area contributed by atoms with Crippen LogP contribution in [0.5, 0.6) is 0 Å². The zero-order valence-electron chi connectivity index (χ0n) is 10.3. The average molecular weight is 241 g/mol. The summed E-state index contributed by atoms with van der Waals surface area (Å²) in [6, 6.07) is 8.13. The number of hydrogen-bond donors (Lipinski definition) is 1. The third-order valence-corrected chi connectivity index (χ3v) is 3.77. The Morgan fingerprint density at radius 3 is 2.78 bits per heavy atom. The van der Waals surface area contributed by atoms with Gasteiger partial charge in [-0.05, 0) is 36.0 Å². The maximum Gasteiger partial charge on any atom is 0.248 e. The number of nitrogens with one attached hydrogen (secondary N) is 1. The van der Waals surface area contributed by atoms with Crippen LogP contribution in [0, 0.1) is 0 Å². The molecule has 0 spiro atoms. The first-order chi connectivity index (χ1) is 8.69. The van der Waals surface area contributed by atoms with Crippen LogP contribution in [-0.4, -0.2) is 0 Å². The summed E-state index contributed by atoms with van der Waals surface area (Å²) < 4.78 is 0. The number of aryl methyl sites for hydroxylation is 2. The second kappa shape index (κ2) is 4.09. The molecule has 1 atom stereocenters. The largest absolute Gasteiger partial charge is 0.375 e. The molecule has 1 aliphatic rings. The van der Waals surface area contributed by atoms with E-state index in [9.17, 15) is 9.59 Å². The molecule has 2 aromatic rings. The van der Waals surface area contributed by atoms with Gasteiger partial charge in [0, 0.05) is 6.07 Å². The summed E-state index contributed by atoms with van der Waals surface area (Å²) in [5.41, 5.74) is 3.64. The number of hydrogen-bond acceptors (Lipinski definition) is 3. The van der Waals surface area contributed by atoms with Crippen molar-refractivity contribution in [3.05, 3.63) is 61.4 Å². The molecule has 1 unspecified atom stereocenters. The van der Waals surface area contributed by atoms with E-state index in [1.807, 2.05) is 0 Å². The molecule has 0 amide bonds. The molecular weight excluding hydrogens is 226 g/mol. The van der Waals surface area contributed by atoms with Crippen molar-refractivity contribution in [1.82, 2.24) is 0 Å². The van der Waals surface area contributed by atoms with Crippen molar-refractivity contribution in [2.75, 3.05) is 5.32 Å². The minimum atomic E-state index is -0.391. The minimum absolute atomic E-state index is 0.176. The van der Waals surface area contributed by atoms with Crippen molar-refractivity contribution in [2.45, 2.75) is 32.2 Å². The molecule has 0 radical (unpaired) electrons. The van der Waals surface area contributed by atoms with Gasteiger partial charge in [0.25, 0.3) is 0 Å². The SMILES string of the molecule is CCc1ccc2c(c1)C(Nc1cc(=O)c1=O)CC2. The van der Waals surface area contributed by atoms with Crippen LogP contribution >= 0.6 is 0 Å². The lowest BCUT2D eigenvalue weighted by atomic mass is 10.0. The molecule has 0 heterocycles. The van der Waals surface area contributed by atoms with Gasteiger partial charge in [0.05, 0.1) is 11.7 Å². The van der Waals surface area contributed by atoms with Gasteiger partial charge in [0.1, 0.15) is 0 Å². The lowest BCUT2D eigenvalue weighted by molar-refractivity contribution is 0.759. The molecule has 1 N–H and O–H groups in total. The Labute approximate surface area is 105 Å². The zero-order valence-corrected chi connectivity index (χ0v) is 10.3. The van der Waals surface area contributed by atoms with Crippen LogP contribution in [0.25, 0.3) is 0 Å². The van der Waals surface area contributed by atoms with E-state index >= 15 is 0 Å². The smallest absolute Gasteiger partial charge is 0.248 e. The van der Waals surface area contributed by atoms with Crippen LogP contribution in [-0.2, 0) is 12.8 Å². The molecule has 0 saturated carbocycles. The highest BCUT2D eigenvalue weighted by Crippen LogP contribution is 2.34. The van der Waals surface area contributed by atoms with E-state index in [0.29, 0.717) is 5.69 Å². The highest BCUT2D eigenvalue weighted by Gasteiger charge is 2.24. The molecule has 18 heavy (non-hydrogen) atoms. The van der Waals surface area contributed by atoms with Crippen LogP contribution < -0.4 is 16.2 Å². The third kappa shape index (κ3) is 1.67. The Bertz CT molecular complexity index is 665. The quantitative estimate of drug-likeness (QED) is 0.835. The van der Waals surface area contributed by atoms with Gasteiger partial charge in [-0.1, -0.05) is 25.1 Å². The topological polar surface area (TPSA) is 46.2 Å². The first-order valence-corrected chi connectivity index (χ1v) is 6.37. The van der Waals surface area contributed by atoms with E-state index in [1.54, 1.807) is 0 Å². The molecule has 0 fully saturated rings. The Kier molecular flexibility index (Phi) is 2.54. The molecule has 3 nitrogen and oxygen atoms in total. The molecule has 3 heteroatoms. The average Bonchev–Trinajstić information content (AvgIpc) is 2.80. The summed E-state index contributed by atoms with van der Waals surface area (Å²) in [6.07, 6.45) is 3.04. The Hall–Kier alpha value is -1.90. The van der Waals surface area contributed by atoms with E-state index in [1.165, 1.54) is 22.8 Å². The monoisotopic (exact) mass is 241 g/mol. The maximum atomic E-state index is 11.3. The molecule has 0 aliphatic heterocycles. The summed E-state index contributed by atoms with van der Waals surface area (Å²) in [7, 11) is 0. The highest BCUT2D eigenvalue weighted by atomic mass is 16.2. The van der Waals surface area contributed by atoms with Gasteiger partial charge in [-0.3, -0.25) is 9.59 Å². The molecule has 0 saturated heterocycles. The van der Waals surface area contributed by atoms with Crippen LogP contribution in [0.2, 0.25) is 0 Å². The van der Waals surface area contributed by atoms with Crippen molar-refractivity contribution in [3.8, 4) is 0 Å². The van der Waals surface area contributed by atoms with Crippen molar-refractivity contribution in [2.24, 2.45) is 0 Å². The molecule has 92 valence electrons. The molecule has 3 rings (SSSR count). The number of benzene rings is 1. The van der Waals surface area contributed by atoms with Crippen LogP contribution in [0.15, 0.2) is 33.9 Å². The van der Waals surface area contributed by atoms with Gasteiger partial charge in [0.15, 0.2) is 0 Å². The van der Waals surface area contributed by atoms with Gasteiger partial charge in [0.2, 0.25) is 10.9 Å². The summed E-state index contributed by atoms with van der Waals surface area (Å²) in [4.78, 5) is 22.2. The van der Waals surface area contributed by atoms with E-state index < -0.39 is 5.43 Å². The van der Waals surface area contributed by atoms with Crippen molar-refractivity contribution >= 4 is 5.69 Å². The van der Waals surface area contributed by atoms with E-state index in [0.717, 1.165) is 19.3 Å². The fourth-order valence-electron chi connectivity index (χ4n) is 2.63. The highest BCUT2D eigenvalue weighted by molar-refractivity contribution is 5.51. The standard InChI is InChI=1S/C15H15NO2/c1-2-9-3-4-10-5-6-12(11(10)7-9)16-13-8-14(17)15(13)18/h3-4,7-8,12,16H,2,5-6H2,1H3. The lowest BCUT2D eigenvalue weighted by Gasteiger charge is -2.16. The van der Waals surface area contributed by atoms with Crippen molar-refractivity contribution < 1.29 is 0 Å². The molecule has 0 bridgehead atoms. The first kappa shape index (κ1) is 11.2. The van der Waals surface area contributed by atoms with Gasteiger partial charge >= 0.3 is 0 Å². The van der Waals surface area contributed by atoms with E-state index in [2.05, 4.69) is 30.4 Å². The van der Waals surface area contributed by atoms with Crippen LogP contribution in [0.3, 0.4) is 0 Å². The van der Waals surface area contributed by atoms with Crippen molar-refractivity contribution in [3.63, 3.8) is 0 Å². The second-order valence-electron chi connectivity index (χ2n) is 4.87. The predicted molar refractivity (Wildman–Crippen MR) is 71.9 cm³/mol. The van der Waals surface area contributed by atoms with Gasteiger partial charge in [-0.25, -0.2) is 0 Å². The fourth-order valence-corrected chi connectivity index (χ4v) is 2.63. The van der Waals surface area contributed by atoms with Gasteiger partial charge in [-0.2, -0.15) is 0 Å². The lowest BCUT2D eigenvalue weighted by Crippen LogP contribution is -2.33. The number of anilines is 1. The Balaban J connectivity index is 1.88. The maximum absolute atomic E-state index is 11.3. The first-order valence-electron chi connectivity index (χ1n) is 6.37.